The summed E-state index contributed by atoms with van der Waals surface area (Å²) in [5.74, 6) is -1.73. The van der Waals surface area contributed by atoms with Gasteiger partial charge in [-0.25, -0.2) is 9.59 Å². The number of rotatable bonds is 3. The number of anilines is 2. The highest BCUT2D eigenvalue weighted by Gasteiger charge is 2.40. The normalized spacial score (nSPS) is 16.2. The number of hydrogen-bond donors (Lipinski definition) is 4. The van der Waals surface area contributed by atoms with E-state index in [4.69, 9.17) is 5.73 Å². The molecule has 0 saturated carbocycles. The molecule has 1 aliphatic heterocycles. The molecule has 2 aromatic rings. The molecule has 25 heavy (non-hydrogen) atoms. The van der Waals surface area contributed by atoms with E-state index in [0.29, 0.717) is 16.1 Å². The summed E-state index contributed by atoms with van der Waals surface area (Å²) in [6, 6.07) is 7.49. The second-order valence-corrected chi connectivity index (χ2v) is 6.56. The average Bonchev–Trinajstić information content (AvgIpc) is 2.90. The van der Waals surface area contributed by atoms with E-state index in [-0.39, 0.29) is 23.5 Å². The smallest absolute Gasteiger partial charge is 0.408 e. The van der Waals surface area contributed by atoms with Crippen molar-refractivity contribution in [3.8, 4) is 0 Å². The van der Waals surface area contributed by atoms with Gasteiger partial charge in [-0.3, -0.25) is 9.69 Å². The molecule has 1 aromatic carbocycles. The van der Waals surface area contributed by atoms with Gasteiger partial charge in [0.25, 0.3) is 5.91 Å². The van der Waals surface area contributed by atoms with Gasteiger partial charge in [-0.15, -0.1) is 11.3 Å². The van der Waals surface area contributed by atoms with Crippen LogP contribution in [-0.2, 0) is 11.2 Å². The Morgan fingerprint density at radius 2 is 1.88 bits per heavy atom. The number of carbonyl (C=O) groups excluding carboxylic acids is 1. The van der Waals surface area contributed by atoms with E-state index >= 15 is 0 Å². The molecule has 5 N–H and O–H groups in total. The molecule has 0 saturated heterocycles. The van der Waals surface area contributed by atoms with Crippen LogP contribution in [0.4, 0.5) is 15.5 Å². The van der Waals surface area contributed by atoms with E-state index in [1.807, 2.05) is 0 Å². The first kappa shape index (κ1) is 16.8. The number of thiophene rings is 1. The second kappa shape index (κ2) is 6.44. The van der Waals surface area contributed by atoms with Crippen LogP contribution in [0.5, 0.6) is 0 Å². The van der Waals surface area contributed by atoms with Gasteiger partial charge in [-0.05, 0) is 24.1 Å². The van der Waals surface area contributed by atoms with Crippen molar-refractivity contribution in [3.63, 3.8) is 0 Å². The van der Waals surface area contributed by atoms with E-state index in [2.05, 4.69) is 5.32 Å². The number of carboxylic acid groups (broad SMARTS) is 2. The summed E-state index contributed by atoms with van der Waals surface area (Å²) >= 11 is 0.944. The van der Waals surface area contributed by atoms with Gasteiger partial charge >= 0.3 is 12.1 Å². The van der Waals surface area contributed by atoms with Crippen molar-refractivity contribution >= 4 is 40.0 Å². The van der Waals surface area contributed by atoms with Crippen molar-refractivity contribution in [1.29, 1.82) is 0 Å². The van der Waals surface area contributed by atoms with E-state index in [1.165, 1.54) is 0 Å². The minimum atomic E-state index is -1.25. The third-order valence-corrected chi connectivity index (χ3v) is 5.09. The third kappa shape index (κ3) is 3.01. The number of nitrogens with zero attached hydrogens (tertiary/aromatic N) is 1. The highest BCUT2D eigenvalue weighted by molar-refractivity contribution is 7.16. The summed E-state index contributed by atoms with van der Waals surface area (Å²) < 4.78 is 0. The standard InChI is InChI=1S/C16H15N3O5S/c17-13-10(15(21)22)9-6-7-19(16(23)24)11(12(9)25-13)14(20)18-8-4-2-1-3-5-8/h1-5,11H,6-7,17H2,(H,18,20)(H,21,22)(H,23,24)/t11-/m0/s1. The van der Waals surface area contributed by atoms with E-state index in [0.717, 1.165) is 16.2 Å². The largest absolute Gasteiger partial charge is 0.478 e. The van der Waals surface area contributed by atoms with Crippen molar-refractivity contribution in [2.45, 2.75) is 12.5 Å². The first-order chi connectivity index (χ1) is 11.9. The maximum absolute atomic E-state index is 12.7. The predicted molar refractivity (Wildman–Crippen MR) is 91.9 cm³/mol. The van der Waals surface area contributed by atoms with E-state index < -0.39 is 24.0 Å². The summed E-state index contributed by atoms with van der Waals surface area (Å²) in [5.41, 5.74) is 6.71. The molecule has 1 aromatic heterocycles. The summed E-state index contributed by atoms with van der Waals surface area (Å²) in [4.78, 5) is 37.1. The second-order valence-electron chi connectivity index (χ2n) is 5.47. The number of carboxylic acids is 1. The Kier molecular flexibility index (Phi) is 4.32. The molecular formula is C16H15N3O5S. The van der Waals surface area contributed by atoms with Gasteiger partial charge in [0.1, 0.15) is 11.0 Å². The minimum absolute atomic E-state index is 0.0195. The van der Waals surface area contributed by atoms with Crippen LogP contribution in [0.15, 0.2) is 30.3 Å². The van der Waals surface area contributed by atoms with Crippen molar-refractivity contribution < 1.29 is 24.6 Å². The Labute approximate surface area is 146 Å². The van der Waals surface area contributed by atoms with Crippen LogP contribution >= 0.6 is 11.3 Å². The first-order valence-corrected chi connectivity index (χ1v) is 8.21. The van der Waals surface area contributed by atoms with Crippen LogP contribution in [0.1, 0.15) is 26.8 Å². The molecule has 0 bridgehead atoms. The number of carbonyl (C=O) groups is 3. The topological polar surface area (TPSA) is 133 Å². The fraction of sp³-hybridized carbons (Fsp3) is 0.188. The molecule has 130 valence electrons. The lowest BCUT2D eigenvalue weighted by molar-refractivity contribution is -0.121. The Bertz CT molecular complexity index is 849. The molecular weight excluding hydrogens is 346 g/mol. The predicted octanol–water partition coefficient (Wildman–Crippen LogP) is 2.24. The van der Waals surface area contributed by atoms with E-state index in [9.17, 15) is 24.6 Å². The average molecular weight is 361 g/mol. The van der Waals surface area contributed by atoms with Crippen LogP contribution in [0.2, 0.25) is 0 Å². The van der Waals surface area contributed by atoms with Crippen molar-refractivity contribution in [2.24, 2.45) is 0 Å². The summed E-state index contributed by atoms with van der Waals surface area (Å²) in [6.45, 7) is 0.0195. The van der Waals surface area contributed by atoms with Crippen LogP contribution in [-0.4, -0.2) is 39.6 Å². The van der Waals surface area contributed by atoms with Gasteiger partial charge in [0, 0.05) is 17.1 Å². The molecule has 1 atom stereocenters. The molecule has 0 fully saturated rings. The lowest BCUT2D eigenvalue weighted by Gasteiger charge is -2.32. The van der Waals surface area contributed by atoms with Gasteiger partial charge < -0.3 is 21.3 Å². The zero-order valence-electron chi connectivity index (χ0n) is 12.9. The van der Waals surface area contributed by atoms with Gasteiger partial charge in [-0.1, -0.05) is 18.2 Å². The molecule has 1 aliphatic rings. The van der Waals surface area contributed by atoms with Gasteiger partial charge in [-0.2, -0.15) is 0 Å². The van der Waals surface area contributed by atoms with Crippen LogP contribution in [0.3, 0.4) is 0 Å². The lowest BCUT2D eigenvalue weighted by Crippen LogP contribution is -2.44. The van der Waals surface area contributed by atoms with Crippen LogP contribution in [0, 0.1) is 0 Å². The molecule has 0 aliphatic carbocycles. The number of nitrogens with two attached hydrogens (primary N) is 1. The monoisotopic (exact) mass is 361 g/mol. The van der Waals surface area contributed by atoms with Crippen molar-refractivity contribution in [1.82, 2.24) is 4.90 Å². The molecule has 2 heterocycles. The van der Waals surface area contributed by atoms with Crippen LogP contribution in [0.25, 0.3) is 0 Å². The zero-order chi connectivity index (χ0) is 18.1. The number of hydrogen-bond acceptors (Lipinski definition) is 5. The van der Waals surface area contributed by atoms with Crippen LogP contribution < -0.4 is 11.1 Å². The molecule has 0 spiro atoms. The quantitative estimate of drug-likeness (QED) is 0.663. The Hall–Kier alpha value is -3.07. The minimum Gasteiger partial charge on any atom is -0.478 e. The molecule has 0 unspecified atom stereocenters. The van der Waals surface area contributed by atoms with Gasteiger partial charge in [0.15, 0.2) is 0 Å². The molecule has 2 amide bonds. The summed E-state index contributed by atoms with van der Waals surface area (Å²) in [7, 11) is 0. The number of nitrogen functional groups attached to an aromatic ring is 1. The fourth-order valence-corrected chi connectivity index (χ4v) is 4.13. The van der Waals surface area contributed by atoms with Crippen molar-refractivity contribution in [3.05, 3.63) is 46.3 Å². The van der Waals surface area contributed by atoms with E-state index in [1.54, 1.807) is 30.3 Å². The maximum atomic E-state index is 12.7. The number of nitrogens with one attached hydrogen (secondary N) is 1. The third-order valence-electron chi connectivity index (χ3n) is 3.98. The number of benzene rings is 1. The zero-order valence-corrected chi connectivity index (χ0v) is 13.7. The molecule has 0 radical (unpaired) electrons. The Morgan fingerprint density at radius 1 is 1.20 bits per heavy atom. The Balaban J connectivity index is 2.02. The van der Waals surface area contributed by atoms with Gasteiger partial charge in [0.05, 0.1) is 5.56 Å². The van der Waals surface area contributed by atoms with Gasteiger partial charge in [0.2, 0.25) is 0 Å². The SMILES string of the molecule is Nc1sc2c(c1C(=O)O)CCN(C(=O)O)[C@@H]2C(=O)Nc1ccccc1. The maximum Gasteiger partial charge on any atom is 0.408 e. The number of aromatic carboxylic acids is 1. The number of amides is 2. The summed E-state index contributed by atoms with van der Waals surface area (Å²) in [5, 5.41) is 21.5. The summed E-state index contributed by atoms with van der Waals surface area (Å²) in [6.07, 6.45) is -1.05. The number of para-hydroxylation sites is 1. The highest BCUT2D eigenvalue weighted by atomic mass is 32.1. The van der Waals surface area contributed by atoms with Crippen molar-refractivity contribution in [2.75, 3.05) is 17.6 Å². The molecule has 9 heteroatoms. The fourth-order valence-electron chi connectivity index (χ4n) is 2.91. The Morgan fingerprint density at radius 3 is 2.48 bits per heavy atom. The molecule has 8 nitrogen and oxygen atoms in total. The molecule has 3 rings (SSSR count). The number of fused-ring (bicyclic) bond motifs is 1. The lowest BCUT2D eigenvalue weighted by atomic mass is 9.97. The first-order valence-electron chi connectivity index (χ1n) is 7.40. The highest BCUT2D eigenvalue weighted by Crippen LogP contribution is 2.41.